The molecule has 0 aliphatic carbocycles. The number of aromatic nitrogens is 2. The molecule has 252 valence electrons. The number of likely N-dealkylation sites (tertiary alicyclic amines) is 2. The first-order valence-corrected chi connectivity index (χ1v) is 16.3. The summed E-state index contributed by atoms with van der Waals surface area (Å²) in [7, 11) is 0. The molecule has 47 heavy (non-hydrogen) atoms. The summed E-state index contributed by atoms with van der Waals surface area (Å²) in [6.07, 6.45) is 4.26. The first-order chi connectivity index (χ1) is 22.2. The highest BCUT2D eigenvalue weighted by Gasteiger charge is 2.49. The average molecular weight is 650 g/mol. The second kappa shape index (κ2) is 13.3. The molecule has 5 rings (SSSR count). The molecule has 0 unspecified atom stereocenters. The van der Waals surface area contributed by atoms with E-state index in [4.69, 9.17) is 9.47 Å². The van der Waals surface area contributed by atoms with Crippen molar-refractivity contribution in [1.29, 1.82) is 5.26 Å². The Bertz CT molecular complexity index is 1540. The first kappa shape index (κ1) is 33.9. The van der Waals surface area contributed by atoms with Crippen LogP contribution in [0.15, 0.2) is 30.7 Å². The van der Waals surface area contributed by atoms with Crippen LogP contribution in [0.2, 0.25) is 0 Å². The van der Waals surface area contributed by atoms with Gasteiger partial charge >= 0.3 is 6.09 Å². The molecular formula is C34H44FN7O5. The van der Waals surface area contributed by atoms with Crippen LogP contribution < -0.4 is 9.64 Å². The molecule has 1 aromatic heterocycles. The number of anilines is 1. The molecular weight excluding hydrogens is 605 g/mol. The van der Waals surface area contributed by atoms with E-state index >= 15 is 0 Å². The Morgan fingerprint density at radius 2 is 1.87 bits per heavy atom. The lowest BCUT2D eigenvalue weighted by Gasteiger charge is -2.54. The molecule has 3 fully saturated rings. The van der Waals surface area contributed by atoms with Crippen LogP contribution in [-0.4, -0.2) is 99.5 Å². The van der Waals surface area contributed by atoms with E-state index in [0.717, 1.165) is 12.8 Å². The van der Waals surface area contributed by atoms with E-state index in [1.807, 2.05) is 20.8 Å². The molecule has 2 atom stereocenters. The van der Waals surface area contributed by atoms with Gasteiger partial charge in [-0.05, 0) is 79.0 Å². The number of nitrogens with zero attached hydrogens (tertiary/aromatic N) is 7. The van der Waals surface area contributed by atoms with Crippen molar-refractivity contribution in [1.82, 2.24) is 24.7 Å². The lowest BCUT2D eigenvalue weighted by Crippen LogP contribution is -2.62. The summed E-state index contributed by atoms with van der Waals surface area (Å²) in [6, 6.07) is 5.33. The van der Waals surface area contributed by atoms with Crippen molar-refractivity contribution in [3.63, 3.8) is 0 Å². The van der Waals surface area contributed by atoms with E-state index in [9.17, 15) is 24.0 Å². The number of ether oxygens (including phenoxy) is 2. The number of halogens is 1. The highest BCUT2D eigenvalue weighted by molar-refractivity contribution is 5.97. The van der Waals surface area contributed by atoms with Crippen LogP contribution in [0.25, 0.3) is 0 Å². The summed E-state index contributed by atoms with van der Waals surface area (Å²) in [4.78, 5) is 55.4. The second-order valence-corrected chi connectivity index (χ2v) is 14.0. The van der Waals surface area contributed by atoms with E-state index in [2.05, 4.69) is 20.9 Å². The van der Waals surface area contributed by atoms with E-state index in [1.165, 1.54) is 29.4 Å². The zero-order chi connectivity index (χ0) is 34.1. The Balaban J connectivity index is 1.24. The Morgan fingerprint density at radius 1 is 1.17 bits per heavy atom. The lowest BCUT2D eigenvalue weighted by atomic mass is 9.72. The van der Waals surface area contributed by atoms with E-state index in [1.54, 1.807) is 36.8 Å². The van der Waals surface area contributed by atoms with E-state index in [0.29, 0.717) is 50.7 Å². The van der Waals surface area contributed by atoms with Gasteiger partial charge in [-0.1, -0.05) is 0 Å². The molecule has 0 radical (unpaired) electrons. The molecule has 0 bridgehead atoms. The van der Waals surface area contributed by atoms with Crippen LogP contribution in [0.1, 0.15) is 71.2 Å². The molecule has 3 aliphatic heterocycles. The van der Waals surface area contributed by atoms with Crippen LogP contribution >= 0.6 is 0 Å². The Labute approximate surface area is 275 Å². The number of hydrogen-bond acceptors (Lipinski definition) is 9. The van der Waals surface area contributed by atoms with E-state index in [-0.39, 0.29) is 41.1 Å². The van der Waals surface area contributed by atoms with Crippen LogP contribution in [-0.2, 0) is 9.53 Å². The second-order valence-electron chi connectivity index (χ2n) is 14.0. The largest absolute Gasteiger partial charge is 0.451 e. The van der Waals surface area contributed by atoms with Gasteiger partial charge in [0.2, 0.25) is 5.91 Å². The fourth-order valence-corrected chi connectivity index (χ4v) is 6.72. The third-order valence-corrected chi connectivity index (χ3v) is 9.16. The molecule has 0 saturated carbocycles. The third-order valence-electron chi connectivity index (χ3n) is 9.16. The molecule has 4 heterocycles. The Kier molecular flexibility index (Phi) is 9.61. The van der Waals surface area contributed by atoms with E-state index < -0.39 is 29.5 Å². The van der Waals surface area contributed by atoms with Gasteiger partial charge in [-0.3, -0.25) is 14.5 Å². The molecule has 0 N–H and O–H groups in total. The fraction of sp³-hybridized carbons (Fsp3) is 0.588. The Hall–Kier alpha value is -4.47. The van der Waals surface area contributed by atoms with Crippen LogP contribution in [0.5, 0.6) is 11.5 Å². The molecule has 1 aromatic carbocycles. The predicted octanol–water partition coefficient (Wildman–Crippen LogP) is 4.86. The van der Waals surface area contributed by atoms with Gasteiger partial charge in [0.05, 0.1) is 23.7 Å². The zero-order valence-corrected chi connectivity index (χ0v) is 28.0. The zero-order valence-electron chi connectivity index (χ0n) is 28.0. The number of carbonyl (C=O) groups is 3. The third kappa shape index (κ3) is 7.26. The number of benzene rings is 1. The number of rotatable bonds is 7. The maximum absolute atomic E-state index is 14.3. The molecule has 3 aliphatic rings. The Morgan fingerprint density at radius 3 is 2.49 bits per heavy atom. The van der Waals surface area contributed by atoms with Gasteiger partial charge in [0.15, 0.2) is 11.6 Å². The van der Waals surface area contributed by atoms with Crippen LogP contribution in [0, 0.1) is 28.5 Å². The monoisotopic (exact) mass is 649 g/mol. The summed E-state index contributed by atoms with van der Waals surface area (Å²) in [6.45, 7) is 14.1. The van der Waals surface area contributed by atoms with Gasteiger partial charge < -0.3 is 24.2 Å². The predicted molar refractivity (Wildman–Crippen MR) is 171 cm³/mol. The van der Waals surface area contributed by atoms with Crippen molar-refractivity contribution >= 4 is 23.7 Å². The van der Waals surface area contributed by atoms with Gasteiger partial charge in [-0.15, -0.1) is 0 Å². The minimum absolute atomic E-state index is 0.0232. The van der Waals surface area contributed by atoms with Crippen molar-refractivity contribution < 1.29 is 28.2 Å². The molecule has 1 spiro atoms. The van der Waals surface area contributed by atoms with Crippen molar-refractivity contribution in [2.45, 2.75) is 78.5 Å². The standard InChI is InChI=1S/C34H44FN7O5/c1-7-41(22(2)3)30(43)25-15-24(35)8-9-27(25)46-28-17-37-21-38-29(28)40-19-34(20-40)10-12-39(13-11-34)31(44)26-14-23(16-36)18-42(26)32(45)47-33(4,5)6/h8-9,15,17,21-23,26H,7,10-14,18-20H2,1-6H3/t23-,26-/m0/s1. The smallest absolute Gasteiger partial charge is 0.411 e. The molecule has 3 amide bonds. The van der Waals surface area contributed by atoms with Gasteiger partial charge in [-0.25, -0.2) is 19.2 Å². The van der Waals surface area contributed by atoms with Crippen LogP contribution in [0.3, 0.4) is 0 Å². The number of piperidine rings is 1. The van der Waals surface area contributed by atoms with Crippen molar-refractivity contribution in [2.24, 2.45) is 11.3 Å². The normalized spacial score (nSPS) is 20.5. The van der Waals surface area contributed by atoms with Crippen molar-refractivity contribution in [3.8, 4) is 17.6 Å². The quantitative estimate of drug-likeness (QED) is 0.413. The maximum Gasteiger partial charge on any atom is 0.411 e. The minimum Gasteiger partial charge on any atom is -0.451 e. The highest BCUT2D eigenvalue weighted by atomic mass is 19.1. The molecule has 12 nitrogen and oxygen atoms in total. The highest BCUT2D eigenvalue weighted by Crippen LogP contribution is 2.45. The summed E-state index contributed by atoms with van der Waals surface area (Å²) < 4.78 is 26.0. The fourth-order valence-electron chi connectivity index (χ4n) is 6.72. The van der Waals surface area contributed by atoms with Gasteiger partial charge in [0.25, 0.3) is 5.91 Å². The minimum atomic E-state index is -0.713. The van der Waals surface area contributed by atoms with Gasteiger partial charge in [-0.2, -0.15) is 5.26 Å². The van der Waals surface area contributed by atoms with Crippen molar-refractivity contribution in [2.75, 3.05) is 44.2 Å². The van der Waals surface area contributed by atoms with Crippen LogP contribution in [0.4, 0.5) is 15.0 Å². The number of hydrogen-bond donors (Lipinski definition) is 0. The lowest BCUT2D eigenvalue weighted by molar-refractivity contribution is -0.138. The average Bonchev–Trinajstić information content (AvgIpc) is 3.45. The molecule has 3 saturated heterocycles. The van der Waals surface area contributed by atoms with Gasteiger partial charge in [0, 0.05) is 50.7 Å². The summed E-state index contributed by atoms with van der Waals surface area (Å²) in [5.41, 5.74) is -0.605. The number of amides is 3. The summed E-state index contributed by atoms with van der Waals surface area (Å²) in [5, 5.41) is 9.53. The summed E-state index contributed by atoms with van der Waals surface area (Å²) in [5.74, 6) is -0.260. The first-order valence-electron chi connectivity index (χ1n) is 16.3. The molecule has 2 aromatic rings. The van der Waals surface area contributed by atoms with Crippen molar-refractivity contribution in [3.05, 3.63) is 42.1 Å². The summed E-state index contributed by atoms with van der Waals surface area (Å²) >= 11 is 0. The SMILES string of the molecule is CCN(C(=O)c1cc(F)ccc1Oc1cncnc1N1CC2(CCN(C(=O)[C@@H]3C[C@@H](C#N)CN3C(=O)OC(C)(C)C)CC2)C1)C(C)C. The maximum atomic E-state index is 14.3. The number of carbonyl (C=O) groups excluding carboxylic acids is 3. The molecule has 13 heteroatoms. The topological polar surface area (TPSA) is 132 Å². The number of nitriles is 1. The van der Waals surface area contributed by atoms with Gasteiger partial charge in [0.1, 0.15) is 29.5 Å².